The SMILES string of the molecule is COc1ccc(OC)c(N(CC(=O)N[C@@H]2C[C@@H]3CC[C@@H]2C3)S(=O)(=O)c2ccc(C)cc2)c1. The smallest absolute Gasteiger partial charge is 0.264 e. The highest BCUT2D eigenvalue weighted by Gasteiger charge is 2.40. The summed E-state index contributed by atoms with van der Waals surface area (Å²) >= 11 is 0. The Morgan fingerprint density at radius 3 is 2.41 bits per heavy atom. The highest BCUT2D eigenvalue weighted by molar-refractivity contribution is 7.92. The van der Waals surface area contributed by atoms with Crippen molar-refractivity contribution in [3.05, 3.63) is 48.0 Å². The molecule has 2 bridgehead atoms. The minimum Gasteiger partial charge on any atom is -0.497 e. The number of ether oxygens (including phenoxy) is 2. The standard InChI is InChI=1S/C24H30N2O5S/c1-16-4-9-20(10-5-16)32(28,29)26(22-14-19(30-2)8-11-23(22)31-3)15-24(27)25-21-13-17-6-7-18(21)12-17/h4-5,8-11,14,17-18,21H,6-7,12-13,15H2,1-3H3,(H,25,27)/t17-,18-,21-/m1/s1. The third kappa shape index (κ3) is 4.41. The van der Waals surface area contributed by atoms with Gasteiger partial charge >= 0.3 is 0 Å². The van der Waals surface area contributed by atoms with Crippen LogP contribution in [0.25, 0.3) is 0 Å². The monoisotopic (exact) mass is 458 g/mol. The van der Waals surface area contributed by atoms with Crippen molar-refractivity contribution in [1.82, 2.24) is 5.32 Å². The van der Waals surface area contributed by atoms with Gasteiger partial charge in [0.1, 0.15) is 18.0 Å². The highest BCUT2D eigenvalue weighted by Crippen LogP contribution is 2.44. The summed E-state index contributed by atoms with van der Waals surface area (Å²) in [5.41, 5.74) is 1.21. The molecule has 2 aliphatic carbocycles. The Bertz CT molecular complexity index is 1080. The average Bonchev–Trinajstić information content (AvgIpc) is 3.40. The zero-order valence-electron chi connectivity index (χ0n) is 18.7. The van der Waals surface area contributed by atoms with Crippen LogP contribution in [0.1, 0.15) is 31.2 Å². The number of carbonyl (C=O) groups is 1. The number of anilines is 1. The maximum absolute atomic E-state index is 13.7. The van der Waals surface area contributed by atoms with Crippen molar-refractivity contribution in [3.63, 3.8) is 0 Å². The number of amides is 1. The van der Waals surface area contributed by atoms with Gasteiger partial charge in [0.05, 0.1) is 24.8 Å². The number of fused-ring (bicyclic) bond motifs is 2. The number of nitrogens with one attached hydrogen (secondary N) is 1. The molecule has 32 heavy (non-hydrogen) atoms. The van der Waals surface area contributed by atoms with Gasteiger partial charge in [-0.3, -0.25) is 9.10 Å². The van der Waals surface area contributed by atoms with Crippen molar-refractivity contribution in [2.45, 2.75) is 43.5 Å². The molecule has 4 rings (SSSR count). The van der Waals surface area contributed by atoms with E-state index >= 15 is 0 Å². The normalized spacial score (nSPS) is 21.9. The summed E-state index contributed by atoms with van der Waals surface area (Å²) in [7, 11) is -1.05. The zero-order valence-corrected chi connectivity index (χ0v) is 19.5. The van der Waals surface area contributed by atoms with E-state index < -0.39 is 10.0 Å². The fourth-order valence-corrected chi connectivity index (χ4v) is 6.36. The lowest BCUT2D eigenvalue weighted by molar-refractivity contribution is -0.120. The van der Waals surface area contributed by atoms with Crippen LogP contribution in [0.15, 0.2) is 47.4 Å². The molecule has 2 saturated carbocycles. The van der Waals surface area contributed by atoms with Gasteiger partial charge in [0.15, 0.2) is 0 Å². The summed E-state index contributed by atoms with van der Waals surface area (Å²) in [5.74, 6) is 1.67. The van der Waals surface area contributed by atoms with Crippen LogP contribution < -0.4 is 19.1 Å². The fourth-order valence-electron chi connectivity index (χ4n) is 4.93. The quantitative estimate of drug-likeness (QED) is 0.654. The summed E-state index contributed by atoms with van der Waals surface area (Å²) in [6.45, 7) is 1.55. The number of methoxy groups -OCH3 is 2. The molecule has 8 heteroatoms. The van der Waals surface area contributed by atoms with Crippen LogP contribution in [0.4, 0.5) is 5.69 Å². The second-order valence-electron chi connectivity index (χ2n) is 8.71. The molecule has 2 aliphatic rings. The van der Waals surface area contributed by atoms with E-state index in [0.29, 0.717) is 23.3 Å². The van der Waals surface area contributed by atoms with Gasteiger partial charge in [0.2, 0.25) is 5.91 Å². The molecule has 0 aliphatic heterocycles. The van der Waals surface area contributed by atoms with Crippen LogP contribution in [0.3, 0.4) is 0 Å². The summed E-state index contributed by atoms with van der Waals surface area (Å²) in [4.78, 5) is 13.2. The summed E-state index contributed by atoms with van der Waals surface area (Å²) in [6.07, 6.45) is 4.49. The van der Waals surface area contributed by atoms with Crippen LogP contribution in [-0.2, 0) is 14.8 Å². The molecule has 2 fully saturated rings. The van der Waals surface area contributed by atoms with Gasteiger partial charge < -0.3 is 14.8 Å². The van der Waals surface area contributed by atoms with Gasteiger partial charge in [0.25, 0.3) is 10.0 Å². The maximum atomic E-state index is 13.7. The van der Waals surface area contributed by atoms with Gasteiger partial charge in [-0.25, -0.2) is 8.42 Å². The molecule has 0 heterocycles. The molecule has 7 nitrogen and oxygen atoms in total. The number of carbonyl (C=O) groups excluding carboxylic acids is 1. The second kappa shape index (κ2) is 9.02. The first kappa shape index (κ1) is 22.5. The van der Waals surface area contributed by atoms with Crippen molar-refractivity contribution in [2.75, 3.05) is 25.1 Å². The predicted octanol–water partition coefficient (Wildman–Crippen LogP) is 3.51. The van der Waals surface area contributed by atoms with Crippen molar-refractivity contribution in [1.29, 1.82) is 0 Å². The van der Waals surface area contributed by atoms with Crippen LogP contribution in [0.2, 0.25) is 0 Å². The summed E-state index contributed by atoms with van der Waals surface area (Å²) in [6, 6.07) is 11.6. The second-order valence-corrected chi connectivity index (χ2v) is 10.6. The molecular weight excluding hydrogens is 428 g/mol. The molecule has 3 atom stereocenters. The van der Waals surface area contributed by atoms with Crippen molar-refractivity contribution in [3.8, 4) is 11.5 Å². The Morgan fingerprint density at radius 2 is 1.81 bits per heavy atom. The number of benzene rings is 2. The van der Waals surface area contributed by atoms with Gasteiger partial charge in [-0.1, -0.05) is 24.1 Å². The lowest BCUT2D eigenvalue weighted by Crippen LogP contribution is -2.46. The molecule has 1 amide bonds. The number of hydrogen-bond donors (Lipinski definition) is 1. The molecule has 0 aromatic heterocycles. The molecule has 172 valence electrons. The predicted molar refractivity (Wildman–Crippen MR) is 123 cm³/mol. The van der Waals surface area contributed by atoms with E-state index in [9.17, 15) is 13.2 Å². The highest BCUT2D eigenvalue weighted by atomic mass is 32.2. The summed E-state index contributed by atoms with van der Waals surface area (Å²) < 4.78 is 39.2. The third-order valence-corrected chi connectivity index (χ3v) is 8.41. The third-order valence-electron chi connectivity index (χ3n) is 6.64. The molecular formula is C24H30N2O5S. The van der Waals surface area contributed by atoms with E-state index in [1.165, 1.54) is 20.6 Å². The van der Waals surface area contributed by atoms with Crippen molar-refractivity contribution < 1.29 is 22.7 Å². The van der Waals surface area contributed by atoms with Crippen LogP contribution in [0, 0.1) is 18.8 Å². The Morgan fingerprint density at radius 1 is 1.06 bits per heavy atom. The first-order chi connectivity index (χ1) is 15.3. The number of nitrogens with zero attached hydrogens (tertiary/aromatic N) is 1. The van der Waals surface area contributed by atoms with E-state index in [0.717, 1.165) is 29.1 Å². The van der Waals surface area contributed by atoms with E-state index in [1.807, 2.05) is 6.92 Å². The largest absolute Gasteiger partial charge is 0.497 e. The molecule has 0 unspecified atom stereocenters. The molecule has 2 aromatic carbocycles. The molecule has 0 radical (unpaired) electrons. The molecule has 2 aromatic rings. The molecule has 0 saturated heterocycles. The number of rotatable bonds is 8. The van der Waals surface area contributed by atoms with Crippen LogP contribution >= 0.6 is 0 Å². The Balaban J connectivity index is 1.68. The van der Waals surface area contributed by atoms with Crippen molar-refractivity contribution in [2.24, 2.45) is 11.8 Å². The minimum atomic E-state index is -4.03. The van der Waals surface area contributed by atoms with Gasteiger partial charge in [-0.05, 0) is 62.3 Å². The maximum Gasteiger partial charge on any atom is 0.264 e. The fraction of sp³-hybridized carbons (Fsp3) is 0.458. The lowest BCUT2D eigenvalue weighted by Gasteiger charge is -2.28. The Kier molecular flexibility index (Phi) is 6.33. The first-order valence-electron chi connectivity index (χ1n) is 10.9. The molecule has 1 N–H and O–H groups in total. The van der Waals surface area contributed by atoms with E-state index in [1.54, 1.807) is 42.5 Å². The van der Waals surface area contributed by atoms with Gasteiger partial charge in [0, 0.05) is 12.1 Å². The zero-order chi connectivity index (χ0) is 22.9. The van der Waals surface area contributed by atoms with E-state index in [4.69, 9.17) is 9.47 Å². The van der Waals surface area contributed by atoms with E-state index in [2.05, 4.69) is 5.32 Å². The number of hydrogen-bond acceptors (Lipinski definition) is 5. The summed E-state index contributed by atoms with van der Waals surface area (Å²) in [5, 5.41) is 3.09. The van der Waals surface area contributed by atoms with Crippen LogP contribution in [0.5, 0.6) is 11.5 Å². The van der Waals surface area contributed by atoms with Crippen molar-refractivity contribution >= 4 is 21.6 Å². The molecule has 0 spiro atoms. The van der Waals surface area contributed by atoms with Gasteiger partial charge in [-0.2, -0.15) is 0 Å². The van der Waals surface area contributed by atoms with E-state index in [-0.39, 0.29) is 29.1 Å². The average molecular weight is 459 g/mol. The number of sulfonamides is 1. The number of aryl methyl sites for hydroxylation is 1. The lowest BCUT2D eigenvalue weighted by atomic mass is 9.95. The first-order valence-corrected chi connectivity index (χ1v) is 12.4. The Labute approximate surface area is 189 Å². The Hall–Kier alpha value is -2.74. The van der Waals surface area contributed by atoms with Gasteiger partial charge in [-0.15, -0.1) is 0 Å². The minimum absolute atomic E-state index is 0.112. The van der Waals surface area contributed by atoms with Crippen LogP contribution in [-0.4, -0.2) is 41.1 Å². The topological polar surface area (TPSA) is 84.9 Å².